The van der Waals surface area contributed by atoms with Crippen molar-refractivity contribution in [1.82, 2.24) is 10.3 Å². The van der Waals surface area contributed by atoms with Crippen molar-refractivity contribution in [3.63, 3.8) is 0 Å². The Labute approximate surface area is 102 Å². The Kier molecular flexibility index (Phi) is 4.89. The molecule has 0 saturated carbocycles. The van der Waals surface area contributed by atoms with Crippen molar-refractivity contribution in [2.45, 2.75) is 46.7 Å². The van der Waals surface area contributed by atoms with Crippen LogP contribution in [-0.2, 0) is 6.54 Å². The minimum atomic E-state index is 0.194. The molecular weight excluding hydrogens is 218 g/mol. The Bertz CT molecular complexity index is 314. The van der Waals surface area contributed by atoms with Crippen molar-refractivity contribution in [1.29, 1.82) is 0 Å². The molecule has 0 aliphatic heterocycles. The maximum atomic E-state index is 6.08. The summed E-state index contributed by atoms with van der Waals surface area (Å²) in [4.78, 5) is 5.57. The third-order valence-electron chi connectivity index (χ3n) is 2.69. The van der Waals surface area contributed by atoms with E-state index in [9.17, 15) is 0 Å². The number of nitrogens with zero attached hydrogens (tertiary/aromatic N) is 1. The predicted molar refractivity (Wildman–Crippen MR) is 70.6 cm³/mol. The van der Waals surface area contributed by atoms with Crippen LogP contribution < -0.4 is 11.1 Å². The highest BCUT2D eigenvalue weighted by atomic mass is 32.1. The predicted octanol–water partition coefficient (Wildman–Crippen LogP) is 2.30. The molecule has 3 N–H and O–H groups in total. The summed E-state index contributed by atoms with van der Waals surface area (Å²) < 4.78 is 0. The van der Waals surface area contributed by atoms with Gasteiger partial charge in [-0.15, -0.1) is 11.3 Å². The minimum Gasteiger partial charge on any atom is -0.327 e. The van der Waals surface area contributed by atoms with Crippen LogP contribution in [0.3, 0.4) is 0 Å². The maximum Gasteiger partial charge on any atom is 0.107 e. The molecule has 0 amide bonds. The van der Waals surface area contributed by atoms with E-state index in [2.05, 4.69) is 38.0 Å². The zero-order valence-corrected chi connectivity index (χ0v) is 11.5. The summed E-state index contributed by atoms with van der Waals surface area (Å²) in [6.45, 7) is 10.4. The van der Waals surface area contributed by atoms with Gasteiger partial charge in [-0.25, -0.2) is 4.98 Å². The van der Waals surface area contributed by atoms with Gasteiger partial charge in [-0.05, 0) is 25.3 Å². The van der Waals surface area contributed by atoms with Crippen LogP contribution in [0.2, 0.25) is 0 Å². The van der Waals surface area contributed by atoms with Crippen LogP contribution in [0, 0.1) is 12.3 Å². The van der Waals surface area contributed by atoms with E-state index in [-0.39, 0.29) is 11.5 Å². The number of nitrogens with one attached hydrogen (secondary N) is 1. The molecule has 0 spiro atoms. The fourth-order valence-corrected chi connectivity index (χ4v) is 2.13. The number of hydrogen-bond acceptors (Lipinski definition) is 4. The maximum absolute atomic E-state index is 6.08. The Hall–Kier alpha value is -0.450. The van der Waals surface area contributed by atoms with Gasteiger partial charge in [0.15, 0.2) is 0 Å². The van der Waals surface area contributed by atoms with Gasteiger partial charge >= 0.3 is 0 Å². The molecule has 0 fully saturated rings. The number of aryl methyl sites for hydroxylation is 1. The topological polar surface area (TPSA) is 50.9 Å². The van der Waals surface area contributed by atoms with Gasteiger partial charge in [0.25, 0.3) is 0 Å². The second-order valence-electron chi connectivity index (χ2n) is 5.30. The molecule has 1 rings (SSSR count). The van der Waals surface area contributed by atoms with E-state index in [4.69, 9.17) is 5.73 Å². The third-order valence-corrected chi connectivity index (χ3v) is 3.60. The molecule has 4 heteroatoms. The van der Waals surface area contributed by atoms with E-state index in [1.807, 2.05) is 6.20 Å². The average molecular weight is 241 g/mol. The number of rotatable bonds is 5. The van der Waals surface area contributed by atoms with Gasteiger partial charge in [0.2, 0.25) is 0 Å². The lowest BCUT2D eigenvalue weighted by Gasteiger charge is -2.26. The minimum absolute atomic E-state index is 0.194. The molecule has 1 heterocycles. The zero-order chi connectivity index (χ0) is 12.2. The first-order chi connectivity index (χ1) is 7.39. The van der Waals surface area contributed by atoms with Gasteiger partial charge in [-0.1, -0.05) is 20.8 Å². The number of hydrogen-bond donors (Lipinski definition) is 2. The molecule has 0 aliphatic rings. The lowest BCUT2D eigenvalue weighted by molar-refractivity contribution is 0.302. The first-order valence-corrected chi connectivity index (χ1v) is 6.59. The third kappa shape index (κ3) is 4.60. The van der Waals surface area contributed by atoms with Crippen molar-refractivity contribution in [2.24, 2.45) is 11.1 Å². The van der Waals surface area contributed by atoms with Gasteiger partial charge < -0.3 is 11.1 Å². The molecule has 0 aliphatic carbocycles. The van der Waals surface area contributed by atoms with Gasteiger partial charge in [-0.2, -0.15) is 0 Å². The molecule has 1 unspecified atom stereocenters. The SMILES string of the molecule is Cc1cnc(CNCCC(N)C(C)(C)C)s1. The quantitative estimate of drug-likeness (QED) is 0.778. The van der Waals surface area contributed by atoms with Gasteiger partial charge in [-0.3, -0.25) is 0 Å². The van der Waals surface area contributed by atoms with Gasteiger partial charge in [0, 0.05) is 23.7 Å². The fourth-order valence-electron chi connectivity index (χ4n) is 1.37. The summed E-state index contributed by atoms with van der Waals surface area (Å²) in [5, 5.41) is 4.54. The van der Waals surface area contributed by atoms with Gasteiger partial charge in [0.05, 0.1) is 0 Å². The van der Waals surface area contributed by atoms with Crippen LogP contribution in [0.4, 0.5) is 0 Å². The molecule has 1 aromatic heterocycles. The summed E-state index contributed by atoms with van der Waals surface area (Å²) in [5.74, 6) is 0. The number of thiazole rings is 1. The molecular formula is C12H23N3S. The Morgan fingerprint density at radius 1 is 1.50 bits per heavy atom. The van der Waals surface area contributed by atoms with Crippen LogP contribution in [0.1, 0.15) is 37.1 Å². The molecule has 0 bridgehead atoms. The van der Waals surface area contributed by atoms with Crippen molar-refractivity contribution >= 4 is 11.3 Å². The van der Waals surface area contributed by atoms with Crippen molar-refractivity contribution in [2.75, 3.05) is 6.54 Å². The molecule has 1 atom stereocenters. The molecule has 1 aromatic rings. The molecule has 0 radical (unpaired) electrons. The molecule has 16 heavy (non-hydrogen) atoms. The second kappa shape index (κ2) is 5.75. The standard InChI is InChI=1S/C12H23N3S/c1-9-7-15-11(16-9)8-14-6-5-10(13)12(2,3)4/h7,10,14H,5-6,8,13H2,1-4H3. The molecule has 92 valence electrons. The average Bonchev–Trinajstić information content (AvgIpc) is 2.57. The van der Waals surface area contributed by atoms with E-state index in [0.29, 0.717) is 0 Å². The monoisotopic (exact) mass is 241 g/mol. The van der Waals surface area contributed by atoms with Crippen molar-refractivity contribution in [3.8, 4) is 0 Å². The Balaban J connectivity index is 2.17. The first kappa shape index (κ1) is 13.6. The fraction of sp³-hybridized carbons (Fsp3) is 0.750. The lowest BCUT2D eigenvalue weighted by Crippen LogP contribution is -2.37. The highest BCUT2D eigenvalue weighted by Crippen LogP contribution is 2.19. The highest BCUT2D eigenvalue weighted by Gasteiger charge is 2.19. The van der Waals surface area contributed by atoms with E-state index >= 15 is 0 Å². The van der Waals surface area contributed by atoms with E-state index < -0.39 is 0 Å². The Morgan fingerprint density at radius 3 is 2.69 bits per heavy atom. The summed E-state index contributed by atoms with van der Waals surface area (Å²) >= 11 is 1.75. The van der Waals surface area contributed by atoms with Crippen molar-refractivity contribution < 1.29 is 0 Å². The molecule has 0 aromatic carbocycles. The normalized spacial score (nSPS) is 14.1. The second-order valence-corrected chi connectivity index (χ2v) is 6.62. The van der Waals surface area contributed by atoms with Crippen LogP contribution in [0.25, 0.3) is 0 Å². The van der Waals surface area contributed by atoms with E-state index in [1.54, 1.807) is 11.3 Å². The van der Waals surface area contributed by atoms with E-state index in [0.717, 1.165) is 24.5 Å². The molecule has 3 nitrogen and oxygen atoms in total. The van der Waals surface area contributed by atoms with Gasteiger partial charge in [0.1, 0.15) is 5.01 Å². The van der Waals surface area contributed by atoms with Crippen LogP contribution in [0.15, 0.2) is 6.20 Å². The first-order valence-electron chi connectivity index (χ1n) is 5.77. The summed E-state index contributed by atoms with van der Waals surface area (Å²) in [6, 6.07) is 0.248. The molecule has 0 saturated heterocycles. The summed E-state index contributed by atoms with van der Waals surface area (Å²) in [7, 11) is 0. The van der Waals surface area contributed by atoms with Crippen molar-refractivity contribution in [3.05, 3.63) is 16.1 Å². The Morgan fingerprint density at radius 2 is 2.19 bits per heavy atom. The summed E-state index contributed by atoms with van der Waals surface area (Å²) in [6.07, 6.45) is 2.93. The number of nitrogens with two attached hydrogens (primary N) is 1. The summed E-state index contributed by atoms with van der Waals surface area (Å²) in [5.41, 5.74) is 6.28. The van der Waals surface area contributed by atoms with Crippen LogP contribution >= 0.6 is 11.3 Å². The number of aromatic nitrogens is 1. The zero-order valence-electron chi connectivity index (χ0n) is 10.7. The van der Waals surface area contributed by atoms with Crippen LogP contribution in [0.5, 0.6) is 0 Å². The van der Waals surface area contributed by atoms with E-state index in [1.165, 1.54) is 4.88 Å². The van der Waals surface area contributed by atoms with Crippen LogP contribution in [-0.4, -0.2) is 17.6 Å². The largest absolute Gasteiger partial charge is 0.327 e. The smallest absolute Gasteiger partial charge is 0.107 e. The lowest BCUT2D eigenvalue weighted by atomic mass is 9.85. The highest BCUT2D eigenvalue weighted by molar-refractivity contribution is 7.11.